The molecule has 21 heavy (non-hydrogen) atoms. The van der Waals surface area contributed by atoms with Crippen molar-refractivity contribution in [2.24, 2.45) is 5.73 Å². The predicted molar refractivity (Wildman–Crippen MR) is 85.0 cm³/mol. The van der Waals surface area contributed by atoms with E-state index in [1.54, 1.807) is 6.26 Å². The molecule has 2 aromatic rings. The lowest BCUT2D eigenvalue weighted by molar-refractivity contribution is 0.167. The van der Waals surface area contributed by atoms with E-state index in [4.69, 9.17) is 10.2 Å². The Kier molecular flexibility index (Phi) is 4.13. The Balaban J connectivity index is 1.89. The van der Waals surface area contributed by atoms with E-state index < -0.39 is 0 Å². The maximum Gasteiger partial charge on any atom is 0.117 e. The minimum absolute atomic E-state index is 0.266. The maximum absolute atomic E-state index is 6.15. The van der Waals surface area contributed by atoms with Gasteiger partial charge in [0.15, 0.2) is 0 Å². The number of hydrogen-bond donors (Lipinski definition) is 1. The summed E-state index contributed by atoms with van der Waals surface area (Å²) in [6.07, 6.45) is 4.28. The third-order valence-electron chi connectivity index (χ3n) is 4.35. The van der Waals surface area contributed by atoms with E-state index in [0.29, 0.717) is 12.6 Å². The van der Waals surface area contributed by atoms with Crippen molar-refractivity contribution in [1.82, 2.24) is 4.90 Å². The zero-order valence-electron chi connectivity index (χ0n) is 12.9. The van der Waals surface area contributed by atoms with Gasteiger partial charge in [-0.15, -0.1) is 0 Å². The first-order chi connectivity index (χ1) is 10.2. The van der Waals surface area contributed by atoms with Gasteiger partial charge in [-0.05, 0) is 49.9 Å². The molecular weight excluding hydrogens is 260 g/mol. The number of nitrogens with zero attached hydrogens (tertiary/aromatic N) is 1. The fraction of sp³-hybridized carbons (Fsp3) is 0.444. The summed E-state index contributed by atoms with van der Waals surface area (Å²) in [7, 11) is 0. The highest BCUT2D eigenvalue weighted by Crippen LogP contribution is 2.36. The average molecular weight is 284 g/mol. The molecule has 1 aliphatic rings. The van der Waals surface area contributed by atoms with Gasteiger partial charge in [-0.1, -0.05) is 23.8 Å². The van der Waals surface area contributed by atoms with Crippen molar-refractivity contribution in [2.75, 3.05) is 6.54 Å². The summed E-state index contributed by atoms with van der Waals surface area (Å²) in [6.45, 7) is 5.80. The summed E-state index contributed by atoms with van der Waals surface area (Å²) in [5, 5.41) is 0. The highest BCUT2D eigenvalue weighted by molar-refractivity contribution is 5.33. The number of rotatable bonds is 6. The summed E-state index contributed by atoms with van der Waals surface area (Å²) in [5.74, 6) is 1.02. The highest BCUT2D eigenvalue weighted by atomic mass is 16.3. The van der Waals surface area contributed by atoms with E-state index in [1.807, 2.05) is 12.1 Å². The third kappa shape index (κ3) is 3.20. The smallest absolute Gasteiger partial charge is 0.117 e. The summed E-state index contributed by atoms with van der Waals surface area (Å²) < 4.78 is 5.54. The van der Waals surface area contributed by atoms with E-state index in [1.165, 1.54) is 29.5 Å². The Hall–Kier alpha value is -1.58. The maximum atomic E-state index is 6.15. The summed E-state index contributed by atoms with van der Waals surface area (Å²) in [5.41, 5.74) is 10.1. The van der Waals surface area contributed by atoms with Crippen LogP contribution in [-0.2, 0) is 6.54 Å². The summed E-state index contributed by atoms with van der Waals surface area (Å²) in [4.78, 5) is 2.51. The lowest BCUT2D eigenvalue weighted by Crippen LogP contribution is -2.35. The number of aryl methyl sites for hydroxylation is 2. The van der Waals surface area contributed by atoms with Gasteiger partial charge < -0.3 is 10.2 Å². The first kappa shape index (κ1) is 14.4. The predicted octanol–water partition coefficient (Wildman–Crippen LogP) is 3.56. The Morgan fingerprint density at radius 3 is 2.71 bits per heavy atom. The molecule has 3 rings (SSSR count). The van der Waals surface area contributed by atoms with Crippen LogP contribution in [0.1, 0.15) is 41.3 Å². The van der Waals surface area contributed by atoms with Crippen LogP contribution in [0.3, 0.4) is 0 Å². The minimum Gasteiger partial charge on any atom is -0.468 e. The van der Waals surface area contributed by atoms with Crippen molar-refractivity contribution in [3.05, 3.63) is 59.0 Å². The van der Waals surface area contributed by atoms with Crippen molar-refractivity contribution in [3.63, 3.8) is 0 Å². The molecular formula is C18H24N2O. The molecule has 112 valence electrons. The largest absolute Gasteiger partial charge is 0.468 e. The van der Waals surface area contributed by atoms with Gasteiger partial charge in [-0.25, -0.2) is 0 Å². The van der Waals surface area contributed by atoms with Gasteiger partial charge in [-0.2, -0.15) is 0 Å². The topological polar surface area (TPSA) is 42.4 Å². The fourth-order valence-electron chi connectivity index (χ4n) is 3.04. The van der Waals surface area contributed by atoms with Crippen molar-refractivity contribution in [3.8, 4) is 0 Å². The molecule has 0 spiro atoms. The van der Waals surface area contributed by atoms with Crippen LogP contribution in [0.4, 0.5) is 0 Å². The molecule has 0 amide bonds. The van der Waals surface area contributed by atoms with Crippen LogP contribution in [0.25, 0.3) is 0 Å². The number of nitrogens with two attached hydrogens (primary N) is 1. The van der Waals surface area contributed by atoms with E-state index in [9.17, 15) is 0 Å². The van der Waals surface area contributed by atoms with Crippen LogP contribution in [0, 0.1) is 13.8 Å². The Bertz CT molecular complexity index is 587. The molecule has 1 fully saturated rings. The van der Waals surface area contributed by atoms with Gasteiger partial charge in [0.05, 0.1) is 12.8 Å². The molecule has 1 heterocycles. The van der Waals surface area contributed by atoms with Gasteiger partial charge in [0.2, 0.25) is 0 Å². The normalized spacial score (nSPS) is 16.4. The summed E-state index contributed by atoms with van der Waals surface area (Å²) >= 11 is 0. The summed E-state index contributed by atoms with van der Waals surface area (Å²) in [6, 6.07) is 11.6. The lowest BCUT2D eigenvalue weighted by atomic mass is 9.97. The molecule has 3 nitrogen and oxygen atoms in total. The third-order valence-corrected chi connectivity index (χ3v) is 4.35. The van der Waals surface area contributed by atoms with Gasteiger partial charge in [0.1, 0.15) is 5.76 Å². The Labute approximate surface area is 126 Å². The van der Waals surface area contributed by atoms with Gasteiger partial charge in [0.25, 0.3) is 0 Å². The number of furan rings is 1. The average Bonchev–Trinajstić information content (AvgIpc) is 3.19. The van der Waals surface area contributed by atoms with E-state index in [-0.39, 0.29) is 6.04 Å². The molecule has 2 N–H and O–H groups in total. The van der Waals surface area contributed by atoms with E-state index >= 15 is 0 Å². The first-order valence-electron chi connectivity index (χ1n) is 7.74. The molecule has 1 unspecified atom stereocenters. The molecule has 1 saturated carbocycles. The zero-order chi connectivity index (χ0) is 14.8. The molecule has 0 bridgehead atoms. The molecule has 1 aromatic heterocycles. The second-order valence-corrected chi connectivity index (χ2v) is 6.09. The lowest BCUT2D eigenvalue weighted by Gasteiger charge is -2.32. The molecule has 0 aliphatic heterocycles. The molecule has 1 atom stereocenters. The van der Waals surface area contributed by atoms with Crippen LogP contribution in [0.2, 0.25) is 0 Å². The number of benzene rings is 1. The van der Waals surface area contributed by atoms with E-state index in [2.05, 4.69) is 36.9 Å². The van der Waals surface area contributed by atoms with E-state index in [0.717, 1.165) is 12.3 Å². The molecule has 0 saturated heterocycles. The highest BCUT2D eigenvalue weighted by Gasteiger charge is 2.35. The van der Waals surface area contributed by atoms with Crippen molar-refractivity contribution in [2.45, 2.75) is 45.3 Å². The molecule has 0 radical (unpaired) electrons. The second-order valence-electron chi connectivity index (χ2n) is 6.09. The van der Waals surface area contributed by atoms with Crippen molar-refractivity contribution in [1.29, 1.82) is 0 Å². The van der Waals surface area contributed by atoms with Gasteiger partial charge >= 0.3 is 0 Å². The quantitative estimate of drug-likeness (QED) is 0.882. The van der Waals surface area contributed by atoms with Crippen molar-refractivity contribution >= 4 is 0 Å². The molecule has 3 heteroatoms. The van der Waals surface area contributed by atoms with Crippen molar-refractivity contribution < 1.29 is 4.42 Å². The molecule has 1 aliphatic carbocycles. The Morgan fingerprint density at radius 2 is 2.10 bits per heavy atom. The van der Waals surface area contributed by atoms with Crippen LogP contribution < -0.4 is 5.73 Å². The fourth-order valence-corrected chi connectivity index (χ4v) is 3.04. The van der Waals surface area contributed by atoms with Gasteiger partial charge in [-0.3, -0.25) is 4.90 Å². The van der Waals surface area contributed by atoms with Crippen LogP contribution in [-0.4, -0.2) is 17.5 Å². The van der Waals surface area contributed by atoms with Crippen LogP contribution in [0.15, 0.2) is 41.0 Å². The SMILES string of the molecule is Cc1ccc(C)c(C(CN)N(Cc2ccco2)C2CC2)c1. The first-order valence-corrected chi connectivity index (χ1v) is 7.74. The Morgan fingerprint density at radius 1 is 1.29 bits per heavy atom. The zero-order valence-corrected chi connectivity index (χ0v) is 12.9. The second kappa shape index (κ2) is 6.04. The number of hydrogen-bond acceptors (Lipinski definition) is 3. The monoisotopic (exact) mass is 284 g/mol. The standard InChI is InChI=1S/C18H24N2O/c1-13-5-6-14(2)17(10-13)18(11-19)20(15-7-8-15)12-16-4-3-9-21-16/h3-6,9-10,15,18H,7-8,11-12,19H2,1-2H3. The minimum atomic E-state index is 0.266. The van der Waals surface area contributed by atoms with Gasteiger partial charge in [0, 0.05) is 18.6 Å². The van der Waals surface area contributed by atoms with Crippen LogP contribution >= 0.6 is 0 Å². The molecule has 1 aromatic carbocycles. The van der Waals surface area contributed by atoms with Crippen LogP contribution in [0.5, 0.6) is 0 Å².